The molecule has 0 atom stereocenters. The van der Waals surface area contributed by atoms with Crippen LogP contribution in [0.5, 0.6) is 0 Å². The van der Waals surface area contributed by atoms with E-state index in [2.05, 4.69) is 40.7 Å². The Kier molecular flexibility index (Phi) is 7.26. The minimum absolute atomic E-state index is 0.00908. The molecule has 1 aliphatic rings. The van der Waals surface area contributed by atoms with Crippen LogP contribution in [0.25, 0.3) is 6.08 Å². The van der Waals surface area contributed by atoms with Gasteiger partial charge in [-0.15, -0.1) is 5.10 Å². The Bertz CT molecular complexity index is 869. The van der Waals surface area contributed by atoms with E-state index >= 15 is 0 Å². The molecular formula is C22H29FN4O. The Balaban J connectivity index is 2.15. The van der Waals surface area contributed by atoms with E-state index in [4.69, 9.17) is 0 Å². The van der Waals surface area contributed by atoms with Crippen molar-refractivity contribution in [2.75, 3.05) is 7.05 Å². The summed E-state index contributed by atoms with van der Waals surface area (Å²) >= 11 is 0. The Morgan fingerprint density at radius 1 is 1.25 bits per heavy atom. The van der Waals surface area contributed by atoms with Gasteiger partial charge in [-0.3, -0.25) is 4.79 Å². The van der Waals surface area contributed by atoms with Gasteiger partial charge in [-0.1, -0.05) is 55.0 Å². The van der Waals surface area contributed by atoms with E-state index in [0.29, 0.717) is 0 Å². The molecule has 0 radical (unpaired) electrons. The van der Waals surface area contributed by atoms with Gasteiger partial charge in [-0.25, -0.2) is 5.10 Å². The number of aromatic nitrogens is 3. The van der Waals surface area contributed by atoms with Crippen molar-refractivity contribution in [3.63, 3.8) is 0 Å². The second kappa shape index (κ2) is 9.44. The third kappa shape index (κ3) is 5.62. The SMILES string of the molecule is CNC(=O)C1=C(/C=C/C(C)=C/C=C/C(C)=C/c2nn[nH]c2F)C(C)(C)CCC1. The van der Waals surface area contributed by atoms with Gasteiger partial charge in [0.2, 0.25) is 11.9 Å². The Morgan fingerprint density at radius 2 is 2.00 bits per heavy atom. The number of hydrogen-bond acceptors (Lipinski definition) is 3. The van der Waals surface area contributed by atoms with Crippen molar-refractivity contribution in [2.45, 2.75) is 47.0 Å². The average Bonchev–Trinajstić information content (AvgIpc) is 3.03. The summed E-state index contributed by atoms with van der Waals surface area (Å²) in [5, 5.41) is 12.0. The summed E-state index contributed by atoms with van der Waals surface area (Å²) in [5.41, 5.74) is 4.07. The third-order valence-corrected chi connectivity index (χ3v) is 4.91. The van der Waals surface area contributed by atoms with Crippen molar-refractivity contribution in [1.29, 1.82) is 0 Å². The van der Waals surface area contributed by atoms with Gasteiger partial charge in [0, 0.05) is 12.6 Å². The molecular weight excluding hydrogens is 355 g/mol. The number of aromatic amines is 1. The molecule has 2 N–H and O–H groups in total. The van der Waals surface area contributed by atoms with Crippen LogP contribution >= 0.6 is 0 Å². The van der Waals surface area contributed by atoms with Crippen molar-refractivity contribution >= 4 is 12.0 Å². The highest BCUT2D eigenvalue weighted by Gasteiger charge is 2.30. The highest BCUT2D eigenvalue weighted by Crippen LogP contribution is 2.41. The van der Waals surface area contributed by atoms with Crippen molar-refractivity contribution < 1.29 is 9.18 Å². The lowest BCUT2D eigenvalue weighted by Crippen LogP contribution is -2.28. The minimum Gasteiger partial charge on any atom is -0.355 e. The van der Waals surface area contributed by atoms with Crippen molar-refractivity contribution in [2.24, 2.45) is 5.41 Å². The van der Waals surface area contributed by atoms with Crippen LogP contribution in [0.4, 0.5) is 4.39 Å². The lowest BCUT2D eigenvalue weighted by Gasteiger charge is -2.33. The first-order valence-corrected chi connectivity index (χ1v) is 9.48. The summed E-state index contributed by atoms with van der Waals surface area (Å²) in [7, 11) is 1.68. The summed E-state index contributed by atoms with van der Waals surface area (Å²) in [6, 6.07) is 0. The van der Waals surface area contributed by atoms with Crippen LogP contribution in [-0.2, 0) is 4.79 Å². The first-order chi connectivity index (χ1) is 13.2. The van der Waals surface area contributed by atoms with Crippen LogP contribution in [0.3, 0.4) is 0 Å². The first-order valence-electron chi connectivity index (χ1n) is 9.48. The van der Waals surface area contributed by atoms with Gasteiger partial charge >= 0.3 is 0 Å². The Hall–Kier alpha value is -2.76. The smallest absolute Gasteiger partial charge is 0.247 e. The van der Waals surface area contributed by atoms with Crippen LogP contribution < -0.4 is 5.32 Å². The molecule has 150 valence electrons. The van der Waals surface area contributed by atoms with Crippen molar-refractivity contribution in [3.8, 4) is 0 Å². The number of H-pyrrole nitrogens is 1. The van der Waals surface area contributed by atoms with E-state index in [0.717, 1.165) is 41.6 Å². The zero-order valence-corrected chi connectivity index (χ0v) is 17.3. The molecule has 0 spiro atoms. The Labute approximate surface area is 166 Å². The molecule has 0 bridgehead atoms. The van der Waals surface area contributed by atoms with Gasteiger partial charge in [0.15, 0.2) is 0 Å². The molecule has 5 nitrogen and oxygen atoms in total. The fourth-order valence-electron chi connectivity index (χ4n) is 3.30. The van der Waals surface area contributed by atoms with E-state index < -0.39 is 5.95 Å². The third-order valence-electron chi connectivity index (χ3n) is 4.91. The van der Waals surface area contributed by atoms with Gasteiger partial charge in [-0.2, -0.15) is 4.39 Å². The lowest BCUT2D eigenvalue weighted by molar-refractivity contribution is -0.117. The molecule has 1 aromatic rings. The van der Waals surface area contributed by atoms with E-state index in [1.165, 1.54) is 0 Å². The summed E-state index contributed by atoms with van der Waals surface area (Å²) < 4.78 is 13.3. The van der Waals surface area contributed by atoms with Crippen LogP contribution in [-0.4, -0.2) is 28.4 Å². The van der Waals surface area contributed by atoms with Crippen LogP contribution in [0.2, 0.25) is 0 Å². The van der Waals surface area contributed by atoms with E-state index in [1.54, 1.807) is 13.1 Å². The normalized spacial score (nSPS) is 18.4. The number of nitrogens with zero attached hydrogens (tertiary/aromatic N) is 2. The fraction of sp³-hybridized carbons (Fsp3) is 0.409. The molecule has 0 saturated carbocycles. The van der Waals surface area contributed by atoms with Gasteiger partial charge < -0.3 is 5.32 Å². The molecule has 1 aliphatic carbocycles. The summed E-state index contributed by atoms with van der Waals surface area (Å²) in [4.78, 5) is 12.2. The maximum absolute atomic E-state index is 13.3. The topological polar surface area (TPSA) is 70.7 Å². The molecule has 6 heteroatoms. The number of halogens is 1. The summed E-state index contributed by atoms with van der Waals surface area (Å²) in [5.74, 6) is -0.535. The molecule has 1 aromatic heterocycles. The van der Waals surface area contributed by atoms with E-state index in [-0.39, 0.29) is 17.0 Å². The molecule has 0 fully saturated rings. The summed E-state index contributed by atoms with van der Waals surface area (Å²) in [6.07, 6.45) is 14.4. The zero-order chi connectivity index (χ0) is 20.7. The van der Waals surface area contributed by atoms with Crippen LogP contribution in [0.15, 0.2) is 52.7 Å². The number of carbonyl (C=O) groups excluding carboxylic acids is 1. The largest absolute Gasteiger partial charge is 0.355 e. The number of allylic oxidation sites excluding steroid dienone is 8. The number of amides is 1. The molecule has 28 heavy (non-hydrogen) atoms. The van der Waals surface area contributed by atoms with E-state index in [9.17, 15) is 9.18 Å². The zero-order valence-electron chi connectivity index (χ0n) is 17.3. The number of rotatable bonds is 6. The number of nitrogens with one attached hydrogen (secondary N) is 2. The second-order valence-corrected chi connectivity index (χ2v) is 7.71. The maximum Gasteiger partial charge on any atom is 0.247 e. The summed E-state index contributed by atoms with van der Waals surface area (Å²) in [6.45, 7) is 8.25. The fourth-order valence-corrected chi connectivity index (χ4v) is 3.30. The van der Waals surface area contributed by atoms with Crippen molar-refractivity contribution in [1.82, 2.24) is 20.7 Å². The minimum atomic E-state index is -0.544. The molecule has 0 aromatic carbocycles. The molecule has 0 unspecified atom stereocenters. The standard InChI is InChI=1S/C22H29FN4O/c1-15(8-6-9-16(2)14-19-20(23)26-27-25-19)11-12-18-17(21(28)24-5)10-7-13-22(18,3)4/h6,8-9,11-12,14H,7,10,13H2,1-5H3,(H,24,28)(H,25,26,27)/b9-6+,12-11+,15-8+,16-14+. The molecule has 2 rings (SSSR count). The predicted molar refractivity (Wildman–Crippen MR) is 111 cm³/mol. The predicted octanol–water partition coefficient (Wildman–Crippen LogP) is 4.66. The number of carbonyl (C=O) groups is 1. The molecule has 0 aliphatic heterocycles. The first kappa shape index (κ1) is 21.5. The Morgan fingerprint density at radius 3 is 2.64 bits per heavy atom. The quantitative estimate of drug-likeness (QED) is 0.701. The average molecular weight is 384 g/mol. The van der Waals surface area contributed by atoms with Gasteiger partial charge in [-0.05, 0) is 55.7 Å². The molecule has 1 amide bonds. The number of hydrogen-bond donors (Lipinski definition) is 2. The highest BCUT2D eigenvalue weighted by atomic mass is 19.1. The monoisotopic (exact) mass is 384 g/mol. The van der Waals surface area contributed by atoms with Crippen LogP contribution in [0, 0.1) is 11.4 Å². The number of likely N-dealkylation sites (N-methyl/N-ethyl adjacent to an activating group) is 1. The molecule has 0 saturated heterocycles. The second-order valence-electron chi connectivity index (χ2n) is 7.71. The van der Waals surface area contributed by atoms with E-state index in [1.807, 2.05) is 38.2 Å². The van der Waals surface area contributed by atoms with Gasteiger partial charge in [0.25, 0.3) is 0 Å². The maximum atomic E-state index is 13.3. The van der Waals surface area contributed by atoms with Gasteiger partial charge in [0.1, 0.15) is 5.69 Å². The van der Waals surface area contributed by atoms with Crippen LogP contribution in [0.1, 0.15) is 52.7 Å². The highest BCUT2D eigenvalue weighted by molar-refractivity contribution is 5.94. The molecule has 1 heterocycles. The van der Waals surface area contributed by atoms with Gasteiger partial charge in [0.05, 0.1) is 0 Å². The lowest BCUT2D eigenvalue weighted by atomic mass is 9.72. The van der Waals surface area contributed by atoms with Crippen molar-refractivity contribution in [3.05, 3.63) is 64.3 Å².